The second-order valence-corrected chi connectivity index (χ2v) is 8.47. The highest BCUT2D eigenvalue weighted by Gasteiger charge is 2.34. The van der Waals surface area contributed by atoms with E-state index < -0.39 is 5.53 Å². The van der Waals surface area contributed by atoms with Crippen LogP contribution in [0.4, 0.5) is 0 Å². The summed E-state index contributed by atoms with van der Waals surface area (Å²) in [6.45, 7) is 17.6. The van der Waals surface area contributed by atoms with Crippen molar-refractivity contribution in [2.75, 3.05) is 6.54 Å². The van der Waals surface area contributed by atoms with Crippen LogP contribution in [0.25, 0.3) is 0 Å². The maximum absolute atomic E-state index is 6.08. The number of ether oxygens (including phenoxy) is 2. The Morgan fingerprint density at radius 3 is 1.53 bits per heavy atom. The van der Waals surface area contributed by atoms with Gasteiger partial charge < -0.3 is 9.47 Å². The fourth-order valence-corrected chi connectivity index (χ4v) is 3.08. The smallest absolute Gasteiger partial charge is 0.195 e. The zero-order valence-electron chi connectivity index (χ0n) is 13.1. The molecule has 0 saturated heterocycles. The van der Waals surface area contributed by atoms with Crippen LogP contribution in [0, 0.1) is 5.92 Å². The van der Waals surface area contributed by atoms with E-state index in [1.165, 1.54) is 0 Å². The maximum Gasteiger partial charge on any atom is 0.195 e. The standard InChI is InChI=1S/C13H31NO2Si/c1-10(2)9-14-13(17,15-11(3,4)5)16-12(6,7)8/h10,14H,9H2,1-8,17H3. The van der Waals surface area contributed by atoms with Crippen molar-refractivity contribution in [2.24, 2.45) is 5.92 Å². The largest absolute Gasteiger partial charge is 0.336 e. The van der Waals surface area contributed by atoms with Gasteiger partial charge in [0.2, 0.25) is 0 Å². The summed E-state index contributed by atoms with van der Waals surface area (Å²) in [5.41, 5.74) is -1.03. The highest BCUT2D eigenvalue weighted by molar-refractivity contribution is 6.13. The summed E-state index contributed by atoms with van der Waals surface area (Å²) in [5.74, 6) is 0.579. The first-order valence-electron chi connectivity index (χ1n) is 6.48. The van der Waals surface area contributed by atoms with Gasteiger partial charge in [-0.25, -0.2) is 0 Å². The molecule has 0 aliphatic heterocycles. The molecule has 0 heterocycles. The van der Waals surface area contributed by atoms with E-state index in [0.717, 1.165) is 16.8 Å². The molecule has 0 radical (unpaired) electrons. The summed E-state index contributed by atoms with van der Waals surface area (Å²) in [4.78, 5) is 0. The monoisotopic (exact) mass is 261 g/mol. The first-order chi connectivity index (χ1) is 7.33. The van der Waals surface area contributed by atoms with Crippen LogP contribution in [0.5, 0.6) is 0 Å². The molecule has 104 valence electrons. The van der Waals surface area contributed by atoms with E-state index in [2.05, 4.69) is 60.7 Å². The Bertz CT molecular complexity index is 213. The van der Waals surface area contributed by atoms with Gasteiger partial charge in [0.1, 0.15) is 0 Å². The predicted octanol–water partition coefficient (Wildman–Crippen LogP) is 1.84. The molecule has 0 fully saturated rings. The molecule has 0 aromatic rings. The topological polar surface area (TPSA) is 30.5 Å². The van der Waals surface area contributed by atoms with Gasteiger partial charge in [-0.3, -0.25) is 5.32 Å². The lowest BCUT2D eigenvalue weighted by molar-refractivity contribution is -0.278. The summed E-state index contributed by atoms with van der Waals surface area (Å²) < 4.78 is 12.2. The van der Waals surface area contributed by atoms with Crippen LogP contribution >= 0.6 is 0 Å². The molecule has 0 rings (SSSR count). The van der Waals surface area contributed by atoms with Crippen LogP contribution in [-0.4, -0.2) is 33.5 Å². The van der Waals surface area contributed by atoms with E-state index in [1.807, 2.05) is 0 Å². The van der Waals surface area contributed by atoms with Gasteiger partial charge >= 0.3 is 0 Å². The van der Waals surface area contributed by atoms with Crippen molar-refractivity contribution in [3.8, 4) is 0 Å². The SMILES string of the molecule is CC(C)CNC([SiH3])(OC(C)(C)C)OC(C)(C)C. The normalized spacial score (nSPS) is 14.6. The molecule has 3 nitrogen and oxygen atoms in total. The van der Waals surface area contributed by atoms with Crippen molar-refractivity contribution >= 4 is 10.2 Å². The van der Waals surface area contributed by atoms with Crippen molar-refractivity contribution in [1.82, 2.24) is 5.32 Å². The summed E-state index contributed by atoms with van der Waals surface area (Å²) >= 11 is 0. The minimum Gasteiger partial charge on any atom is -0.336 e. The van der Waals surface area contributed by atoms with Gasteiger partial charge in [0.25, 0.3) is 0 Å². The first kappa shape index (κ1) is 17.1. The zero-order chi connectivity index (χ0) is 13.9. The van der Waals surface area contributed by atoms with Crippen LogP contribution in [-0.2, 0) is 9.47 Å². The van der Waals surface area contributed by atoms with Crippen LogP contribution in [0.1, 0.15) is 55.4 Å². The lowest BCUT2D eigenvalue weighted by atomic mass is 10.2. The summed E-state index contributed by atoms with van der Waals surface area (Å²) in [5, 5.41) is 3.43. The fraction of sp³-hybridized carbons (Fsp3) is 1.00. The van der Waals surface area contributed by atoms with Crippen LogP contribution < -0.4 is 5.32 Å². The van der Waals surface area contributed by atoms with Crippen molar-refractivity contribution in [2.45, 2.75) is 72.1 Å². The molecule has 0 saturated carbocycles. The average molecular weight is 261 g/mol. The molecule has 4 heteroatoms. The highest BCUT2D eigenvalue weighted by Crippen LogP contribution is 2.22. The summed E-state index contributed by atoms with van der Waals surface area (Å²) in [6.07, 6.45) is 0. The second-order valence-electron chi connectivity index (χ2n) is 7.15. The molecular weight excluding hydrogens is 230 g/mol. The van der Waals surface area contributed by atoms with Gasteiger partial charge in [-0.1, -0.05) is 13.8 Å². The minimum atomic E-state index is -0.610. The molecule has 0 aliphatic rings. The lowest BCUT2D eigenvalue weighted by Gasteiger charge is -2.42. The number of hydrogen-bond acceptors (Lipinski definition) is 3. The summed E-state index contributed by atoms with van der Waals surface area (Å²) in [6, 6.07) is 0. The van der Waals surface area contributed by atoms with Gasteiger partial charge in [-0.15, -0.1) is 0 Å². The predicted molar refractivity (Wildman–Crippen MR) is 77.2 cm³/mol. The van der Waals surface area contributed by atoms with E-state index in [9.17, 15) is 0 Å². The van der Waals surface area contributed by atoms with Gasteiger partial charge in [0, 0.05) is 6.54 Å². The van der Waals surface area contributed by atoms with Gasteiger partial charge in [0.15, 0.2) is 5.53 Å². The minimum absolute atomic E-state index is 0.211. The number of nitrogens with one attached hydrogen (secondary N) is 1. The molecular formula is C13H31NO2Si. The van der Waals surface area contributed by atoms with E-state index in [1.54, 1.807) is 0 Å². The molecule has 0 unspecified atom stereocenters. The third kappa shape index (κ3) is 9.77. The number of hydrogen-bond donors (Lipinski definition) is 1. The highest BCUT2D eigenvalue weighted by atomic mass is 28.1. The van der Waals surface area contributed by atoms with Crippen molar-refractivity contribution in [3.63, 3.8) is 0 Å². The Morgan fingerprint density at radius 1 is 0.941 bits per heavy atom. The van der Waals surface area contributed by atoms with E-state index in [4.69, 9.17) is 9.47 Å². The Balaban J connectivity index is 4.69. The Hall–Kier alpha value is 0.0969. The molecule has 0 aromatic carbocycles. The molecule has 0 aromatic heterocycles. The van der Waals surface area contributed by atoms with Crippen LogP contribution in [0.3, 0.4) is 0 Å². The first-order valence-corrected chi connectivity index (χ1v) is 7.48. The van der Waals surface area contributed by atoms with Gasteiger partial charge in [0.05, 0.1) is 21.4 Å². The fourth-order valence-electron chi connectivity index (χ4n) is 1.65. The van der Waals surface area contributed by atoms with Gasteiger partial charge in [-0.05, 0) is 47.5 Å². The third-order valence-electron chi connectivity index (χ3n) is 1.83. The second kappa shape index (κ2) is 5.82. The van der Waals surface area contributed by atoms with Crippen LogP contribution in [0.15, 0.2) is 0 Å². The molecule has 1 N–H and O–H groups in total. The third-order valence-corrected chi connectivity index (χ3v) is 2.60. The average Bonchev–Trinajstić information content (AvgIpc) is 1.93. The quantitative estimate of drug-likeness (QED) is 0.605. The van der Waals surface area contributed by atoms with Crippen molar-refractivity contribution in [3.05, 3.63) is 0 Å². The molecule has 0 atom stereocenters. The Morgan fingerprint density at radius 2 is 1.29 bits per heavy atom. The molecule has 0 amide bonds. The molecule has 0 bridgehead atoms. The van der Waals surface area contributed by atoms with E-state index >= 15 is 0 Å². The Labute approximate surface area is 110 Å². The maximum atomic E-state index is 6.08. The van der Waals surface area contributed by atoms with E-state index in [0.29, 0.717) is 5.92 Å². The van der Waals surface area contributed by atoms with Crippen molar-refractivity contribution < 1.29 is 9.47 Å². The lowest BCUT2D eigenvalue weighted by Crippen LogP contribution is -2.58. The molecule has 0 aliphatic carbocycles. The Kier molecular flexibility index (Phi) is 5.86. The zero-order valence-corrected chi connectivity index (χ0v) is 15.1. The molecule has 0 spiro atoms. The van der Waals surface area contributed by atoms with E-state index in [-0.39, 0.29) is 11.2 Å². The van der Waals surface area contributed by atoms with Crippen LogP contribution in [0.2, 0.25) is 0 Å². The number of rotatable bonds is 5. The van der Waals surface area contributed by atoms with Gasteiger partial charge in [-0.2, -0.15) is 0 Å². The summed E-state index contributed by atoms with van der Waals surface area (Å²) in [7, 11) is 0.780. The van der Waals surface area contributed by atoms with Crippen molar-refractivity contribution in [1.29, 1.82) is 0 Å². The molecule has 17 heavy (non-hydrogen) atoms.